The quantitative estimate of drug-likeness (QED) is 0.732. The molecule has 17 heavy (non-hydrogen) atoms. The molecule has 2 aliphatic rings. The number of likely N-dealkylation sites (tertiary alicyclic amines) is 1. The maximum absolute atomic E-state index is 11.7. The van der Waals surface area contributed by atoms with Crippen LogP contribution in [0.25, 0.3) is 0 Å². The van der Waals surface area contributed by atoms with Gasteiger partial charge in [-0.25, -0.2) is 0 Å². The van der Waals surface area contributed by atoms with Gasteiger partial charge in [0.2, 0.25) is 5.91 Å². The van der Waals surface area contributed by atoms with Crippen LogP contribution < -0.4 is 10.6 Å². The zero-order valence-electron chi connectivity index (χ0n) is 10.9. The van der Waals surface area contributed by atoms with E-state index in [1.54, 1.807) is 0 Å². The number of rotatable bonds is 5. The van der Waals surface area contributed by atoms with Crippen molar-refractivity contribution >= 4 is 5.91 Å². The molecule has 0 aliphatic carbocycles. The van der Waals surface area contributed by atoms with Crippen LogP contribution in [-0.4, -0.2) is 50.6 Å². The molecule has 2 rings (SSSR count). The summed E-state index contributed by atoms with van der Waals surface area (Å²) >= 11 is 0. The Labute approximate surface area is 104 Å². The second-order valence-corrected chi connectivity index (χ2v) is 5.62. The van der Waals surface area contributed by atoms with Crippen LogP contribution in [0.4, 0.5) is 0 Å². The van der Waals surface area contributed by atoms with E-state index in [9.17, 15) is 4.79 Å². The molecule has 0 radical (unpaired) electrons. The lowest BCUT2D eigenvalue weighted by molar-refractivity contribution is -0.121. The lowest BCUT2D eigenvalue weighted by Gasteiger charge is -2.12. The molecule has 0 aromatic rings. The van der Waals surface area contributed by atoms with E-state index in [0.717, 1.165) is 38.5 Å². The lowest BCUT2D eigenvalue weighted by Crippen LogP contribution is -2.30. The molecule has 2 saturated heterocycles. The zero-order chi connectivity index (χ0) is 12.1. The van der Waals surface area contributed by atoms with Crippen LogP contribution in [0.2, 0.25) is 0 Å². The molecule has 1 amide bonds. The molecular formula is C13H25N3O. The van der Waals surface area contributed by atoms with Crippen molar-refractivity contribution in [3.8, 4) is 0 Å². The van der Waals surface area contributed by atoms with Crippen molar-refractivity contribution in [2.24, 2.45) is 11.8 Å². The normalized spacial score (nSPS) is 29.7. The van der Waals surface area contributed by atoms with Gasteiger partial charge in [0, 0.05) is 19.5 Å². The van der Waals surface area contributed by atoms with Crippen molar-refractivity contribution < 1.29 is 4.79 Å². The first kappa shape index (κ1) is 12.8. The smallest absolute Gasteiger partial charge is 0.220 e. The SMILES string of the molecule is CN1CCC(CNC(=O)CCC2CCNC2)C1. The number of hydrogen-bond acceptors (Lipinski definition) is 3. The Kier molecular flexibility index (Phi) is 4.80. The average Bonchev–Trinajstić information content (AvgIpc) is 2.95. The standard InChI is InChI=1S/C13H25N3O/c1-16-7-5-12(10-16)9-15-13(17)3-2-11-4-6-14-8-11/h11-12,14H,2-10H2,1H3,(H,15,17). The van der Waals surface area contributed by atoms with Gasteiger partial charge in [-0.3, -0.25) is 4.79 Å². The van der Waals surface area contributed by atoms with Crippen molar-refractivity contribution in [1.29, 1.82) is 0 Å². The van der Waals surface area contributed by atoms with Crippen molar-refractivity contribution in [2.45, 2.75) is 25.7 Å². The minimum atomic E-state index is 0.242. The Morgan fingerprint density at radius 2 is 2.29 bits per heavy atom. The third kappa shape index (κ3) is 4.28. The van der Waals surface area contributed by atoms with E-state index in [-0.39, 0.29) is 5.91 Å². The number of nitrogens with one attached hydrogen (secondary N) is 2. The number of carbonyl (C=O) groups is 1. The highest BCUT2D eigenvalue weighted by atomic mass is 16.1. The van der Waals surface area contributed by atoms with E-state index in [1.165, 1.54) is 19.4 Å². The van der Waals surface area contributed by atoms with Crippen LogP contribution in [0.5, 0.6) is 0 Å². The average molecular weight is 239 g/mol. The number of amides is 1. The van der Waals surface area contributed by atoms with Gasteiger partial charge in [0.25, 0.3) is 0 Å². The summed E-state index contributed by atoms with van der Waals surface area (Å²) in [7, 11) is 2.15. The first-order chi connectivity index (χ1) is 8.24. The molecule has 2 N–H and O–H groups in total. The third-order valence-corrected chi connectivity index (χ3v) is 4.02. The van der Waals surface area contributed by atoms with Gasteiger partial charge in [0.1, 0.15) is 0 Å². The molecule has 0 saturated carbocycles. The first-order valence-electron chi connectivity index (χ1n) is 6.90. The monoisotopic (exact) mass is 239 g/mol. The van der Waals surface area contributed by atoms with Gasteiger partial charge >= 0.3 is 0 Å². The number of hydrogen-bond donors (Lipinski definition) is 2. The van der Waals surface area contributed by atoms with Gasteiger partial charge in [0.15, 0.2) is 0 Å². The van der Waals surface area contributed by atoms with Crippen LogP contribution in [0.1, 0.15) is 25.7 Å². The largest absolute Gasteiger partial charge is 0.356 e. The molecule has 2 heterocycles. The van der Waals surface area contributed by atoms with E-state index >= 15 is 0 Å². The van der Waals surface area contributed by atoms with E-state index in [1.807, 2.05) is 0 Å². The Balaban J connectivity index is 1.54. The molecule has 0 aromatic heterocycles. The minimum absolute atomic E-state index is 0.242. The number of carbonyl (C=O) groups excluding carboxylic acids is 1. The van der Waals surface area contributed by atoms with E-state index in [2.05, 4.69) is 22.6 Å². The highest BCUT2D eigenvalue weighted by Crippen LogP contribution is 2.15. The molecule has 4 heteroatoms. The van der Waals surface area contributed by atoms with Crippen molar-refractivity contribution in [2.75, 3.05) is 39.8 Å². The predicted octanol–water partition coefficient (Wildman–Crippen LogP) is 0.444. The zero-order valence-corrected chi connectivity index (χ0v) is 10.9. The highest BCUT2D eigenvalue weighted by Gasteiger charge is 2.20. The van der Waals surface area contributed by atoms with Crippen LogP contribution >= 0.6 is 0 Å². The summed E-state index contributed by atoms with van der Waals surface area (Å²) < 4.78 is 0. The first-order valence-corrected chi connectivity index (χ1v) is 6.90. The Bertz CT molecular complexity index is 251. The summed E-state index contributed by atoms with van der Waals surface area (Å²) in [4.78, 5) is 14.0. The maximum atomic E-state index is 11.7. The van der Waals surface area contributed by atoms with E-state index in [0.29, 0.717) is 12.3 Å². The summed E-state index contributed by atoms with van der Waals surface area (Å²) in [6.07, 6.45) is 4.21. The van der Waals surface area contributed by atoms with Crippen molar-refractivity contribution in [1.82, 2.24) is 15.5 Å². The van der Waals surface area contributed by atoms with Gasteiger partial charge in [-0.1, -0.05) is 0 Å². The fourth-order valence-electron chi connectivity index (χ4n) is 2.84. The van der Waals surface area contributed by atoms with Crippen LogP contribution in [0, 0.1) is 11.8 Å². The molecule has 2 atom stereocenters. The van der Waals surface area contributed by atoms with Crippen molar-refractivity contribution in [3.63, 3.8) is 0 Å². The Hall–Kier alpha value is -0.610. The fourth-order valence-corrected chi connectivity index (χ4v) is 2.84. The molecule has 2 fully saturated rings. The molecule has 2 aliphatic heterocycles. The molecular weight excluding hydrogens is 214 g/mol. The van der Waals surface area contributed by atoms with Crippen LogP contribution in [-0.2, 0) is 4.79 Å². The van der Waals surface area contributed by atoms with Gasteiger partial charge < -0.3 is 15.5 Å². The highest BCUT2D eigenvalue weighted by molar-refractivity contribution is 5.75. The second kappa shape index (κ2) is 6.36. The second-order valence-electron chi connectivity index (χ2n) is 5.62. The Morgan fingerprint density at radius 3 is 2.94 bits per heavy atom. The summed E-state index contributed by atoms with van der Waals surface area (Å²) in [6.45, 7) is 5.40. The predicted molar refractivity (Wildman–Crippen MR) is 68.8 cm³/mol. The molecule has 0 spiro atoms. The summed E-state index contributed by atoms with van der Waals surface area (Å²) in [5.41, 5.74) is 0. The maximum Gasteiger partial charge on any atom is 0.220 e. The summed E-state index contributed by atoms with van der Waals surface area (Å²) in [6, 6.07) is 0. The van der Waals surface area contributed by atoms with Gasteiger partial charge in [-0.15, -0.1) is 0 Å². The minimum Gasteiger partial charge on any atom is -0.356 e. The molecule has 2 unspecified atom stereocenters. The fraction of sp³-hybridized carbons (Fsp3) is 0.923. The third-order valence-electron chi connectivity index (χ3n) is 4.02. The van der Waals surface area contributed by atoms with E-state index in [4.69, 9.17) is 0 Å². The van der Waals surface area contributed by atoms with Crippen LogP contribution in [0.3, 0.4) is 0 Å². The molecule has 98 valence electrons. The lowest BCUT2D eigenvalue weighted by atomic mass is 10.0. The molecule has 0 aromatic carbocycles. The summed E-state index contributed by atoms with van der Waals surface area (Å²) in [5.74, 6) is 1.63. The van der Waals surface area contributed by atoms with Crippen molar-refractivity contribution in [3.05, 3.63) is 0 Å². The summed E-state index contributed by atoms with van der Waals surface area (Å²) in [5, 5.41) is 6.42. The van der Waals surface area contributed by atoms with Crippen LogP contribution in [0.15, 0.2) is 0 Å². The van der Waals surface area contributed by atoms with Gasteiger partial charge in [0.05, 0.1) is 0 Å². The van der Waals surface area contributed by atoms with E-state index < -0.39 is 0 Å². The topological polar surface area (TPSA) is 44.4 Å². The van der Waals surface area contributed by atoms with Gasteiger partial charge in [-0.2, -0.15) is 0 Å². The Morgan fingerprint density at radius 1 is 1.41 bits per heavy atom. The molecule has 4 nitrogen and oxygen atoms in total. The molecule has 0 bridgehead atoms. The number of nitrogens with zero attached hydrogens (tertiary/aromatic N) is 1. The van der Waals surface area contributed by atoms with Gasteiger partial charge in [-0.05, 0) is 57.8 Å².